The molecular formula is C14H16ClFN2O. The second kappa shape index (κ2) is 5.10. The largest absolute Gasteiger partial charge is 0.439 e. The van der Waals surface area contributed by atoms with Crippen molar-refractivity contribution in [1.29, 1.82) is 0 Å². The van der Waals surface area contributed by atoms with E-state index in [-0.39, 0.29) is 10.8 Å². The molecule has 0 spiro atoms. The second-order valence-corrected chi connectivity index (χ2v) is 5.65. The highest BCUT2D eigenvalue weighted by atomic mass is 35.5. The highest BCUT2D eigenvalue weighted by Gasteiger charge is 2.25. The number of rotatable bonds is 2. The summed E-state index contributed by atoms with van der Waals surface area (Å²) in [5, 5.41) is 0.282. The minimum Gasteiger partial charge on any atom is -0.439 e. The molecule has 1 aliphatic carbocycles. The normalized spacial score (nSPS) is 23.9. The van der Waals surface area contributed by atoms with Gasteiger partial charge in [0.1, 0.15) is 11.3 Å². The molecule has 0 aliphatic heterocycles. The predicted molar refractivity (Wildman–Crippen MR) is 72.7 cm³/mol. The van der Waals surface area contributed by atoms with Gasteiger partial charge in [-0.25, -0.2) is 9.37 Å². The fraction of sp³-hybridized carbons (Fsp3) is 0.500. The number of hydrogen-bond acceptors (Lipinski definition) is 3. The third-order valence-corrected chi connectivity index (χ3v) is 4.24. The lowest BCUT2D eigenvalue weighted by molar-refractivity contribution is 0.301. The van der Waals surface area contributed by atoms with Crippen molar-refractivity contribution in [3.8, 4) is 0 Å². The molecule has 1 heterocycles. The fourth-order valence-electron chi connectivity index (χ4n) is 2.80. The molecule has 0 bridgehead atoms. The number of halogens is 2. The van der Waals surface area contributed by atoms with Crippen LogP contribution in [0.25, 0.3) is 11.1 Å². The number of aromatic nitrogens is 1. The van der Waals surface area contributed by atoms with Crippen LogP contribution < -0.4 is 5.73 Å². The van der Waals surface area contributed by atoms with Crippen LogP contribution in [0, 0.1) is 11.7 Å². The molecule has 2 aromatic rings. The van der Waals surface area contributed by atoms with Gasteiger partial charge in [-0.3, -0.25) is 0 Å². The molecule has 0 amide bonds. The van der Waals surface area contributed by atoms with Crippen molar-refractivity contribution in [3.05, 3.63) is 28.9 Å². The maximum atomic E-state index is 13.3. The maximum Gasteiger partial charge on any atom is 0.198 e. The SMILES string of the molecule is NCC1CCC(c2nc3cc(F)cc(Cl)c3o2)CC1. The van der Waals surface area contributed by atoms with Gasteiger partial charge in [0.2, 0.25) is 0 Å². The Kier molecular flexibility index (Phi) is 3.46. The zero-order valence-corrected chi connectivity index (χ0v) is 11.3. The highest BCUT2D eigenvalue weighted by Crippen LogP contribution is 2.37. The number of fused-ring (bicyclic) bond motifs is 1. The summed E-state index contributed by atoms with van der Waals surface area (Å²) in [5.74, 6) is 1.21. The van der Waals surface area contributed by atoms with Gasteiger partial charge in [0.05, 0.1) is 5.02 Å². The summed E-state index contributed by atoms with van der Waals surface area (Å²) in [6.45, 7) is 0.747. The Labute approximate surface area is 115 Å². The standard InChI is InChI=1S/C14H16ClFN2O/c15-11-5-10(16)6-12-13(11)19-14(18-12)9-3-1-8(7-17)2-4-9/h5-6,8-9H,1-4,7,17H2. The van der Waals surface area contributed by atoms with Crippen LogP contribution in [0.4, 0.5) is 4.39 Å². The smallest absolute Gasteiger partial charge is 0.198 e. The third-order valence-electron chi connectivity index (χ3n) is 3.96. The van der Waals surface area contributed by atoms with Gasteiger partial charge in [-0.15, -0.1) is 0 Å². The van der Waals surface area contributed by atoms with Gasteiger partial charge < -0.3 is 10.2 Å². The van der Waals surface area contributed by atoms with Gasteiger partial charge in [0, 0.05) is 12.0 Å². The Morgan fingerprint density at radius 3 is 2.74 bits per heavy atom. The molecule has 19 heavy (non-hydrogen) atoms. The molecular weight excluding hydrogens is 267 g/mol. The Morgan fingerprint density at radius 2 is 2.05 bits per heavy atom. The maximum absolute atomic E-state index is 13.3. The van der Waals surface area contributed by atoms with Crippen molar-refractivity contribution >= 4 is 22.7 Å². The predicted octanol–water partition coefficient (Wildman–Crippen LogP) is 3.85. The van der Waals surface area contributed by atoms with Crippen LogP contribution in [0.15, 0.2) is 16.5 Å². The van der Waals surface area contributed by atoms with Crippen molar-refractivity contribution < 1.29 is 8.81 Å². The zero-order valence-electron chi connectivity index (χ0n) is 10.5. The van der Waals surface area contributed by atoms with Gasteiger partial charge in [-0.2, -0.15) is 0 Å². The van der Waals surface area contributed by atoms with Gasteiger partial charge in [-0.05, 0) is 44.2 Å². The second-order valence-electron chi connectivity index (χ2n) is 5.24. The van der Waals surface area contributed by atoms with E-state index in [0.717, 1.165) is 32.2 Å². The van der Waals surface area contributed by atoms with Crippen molar-refractivity contribution in [3.63, 3.8) is 0 Å². The summed E-state index contributed by atoms with van der Waals surface area (Å²) in [6.07, 6.45) is 4.24. The molecule has 5 heteroatoms. The first kappa shape index (κ1) is 12.9. The molecule has 0 unspecified atom stereocenters. The zero-order chi connectivity index (χ0) is 13.4. The molecule has 1 fully saturated rings. The van der Waals surface area contributed by atoms with Gasteiger partial charge in [-0.1, -0.05) is 11.6 Å². The molecule has 3 rings (SSSR count). The van der Waals surface area contributed by atoms with E-state index < -0.39 is 0 Å². The van der Waals surface area contributed by atoms with Gasteiger partial charge in [0.15, 0.2) is 11.5 Å². The minimum atomic E-state index is -0.385. The van der Waals surface area contributed by atoms with Crippen LogP contribution >= 0.6 is 11.6 Å². The fourth-order valence-corrected chi connectivity index (χ4v) is 3.04. The van der Waals surface area contributed by atoms with Crippen LogP contribution in [0.3, 0.4) is 0 Å². The third kappa shape index (κ3) is 2.47. The molecule has 102 valence electrons. The number of nitrogens with two attached hydrogens (primary N) is 1. The van der Waals surface area contributed by atoms with E-state index in [1.165, 1.54) is 12.1 Å². The van der Waals surface area contributed by atoms with E-state index >= 15 is 0 Å². The number of benzene rings is 1. The van der Waals surface area contributed by atoms with Gasteiger partial charge in [0.25, 0.3) is 0 Å². The quantitative estimate of drug-likeness (QED) is 0.910. The van der Waals surface area contributed by atoms with Crippen molar-refractivity contribution in [2.24, 2.45) is 11.7 Å². The summed E-state index contributed by atoms with van der Waals surface area (Å²) >= 11 is 5.97. The van der Waals surface area contributed by atoms with E-state index in [9.17, 15) is 4.39 Å². The van der Waals surface area contributed by atoms with Crippen molar-refractivity contribution in [2.75, 3.05) is 6.54 Å². The average Bonchev–Trinajstić information content (AvgIpc) is 2.83. The lowest BCUT2D eigenvalue weighted by atomic mass is 9.82. The van der Waals surface area contributed by atoms with Gasteiger partial charge >= 0.3 is 0 Å². The van der Waals surface area contributed by atoms with E-state index in [2.05, 4.69) is 4.98 Å². The lowest BCUT2D eigenvalue weighted by Gasteiger charge is -2.25. The average molecular weight is 283 g/mol. The summed E-state index contributed by atoms with van der Waals surface area (Å²) in [7, 11) is 0. The van der Waals surface area contributed by atoms with Crippen LogP contribution in [-0.4, -0.2) is 11.5 Å². The Balaban J connectivity index is 1.88. The summed E-state index contributed by atoms with van der Waals surface area (Å²) < 4.78 is 19.0. The Bertz CT molecular complexity index is 590. The van der Waals surface area contributed by atoms with Crippen LogP contribution in [0.1, 0.15) is 37.5 Å². The molecule has 1 aromatic heterocycles. The van der Waals surface area contributed by atoms with Crippen molar-refractivity contribution in [2.45, 2.75) is 31.6 Å². The van der Waals surface area contributed by atoms with E-state index in [0.29, 0.717) is 28.8 Å². The first-order valence-electron chi connectivity index (χ1n) is 6.63. The molecule has 3 nitrogen and oxygen atoms in total. The van der Waals surface area contributed by atoms with Crippen molar-refractivity contribution in [1.82, 2.24) is 4.98 Å². The highest BCUT2D eigenvalue weighted by molar-refractivity contribution is 6.34. The topological polar surface area (TPSA) is 52.0 Å². The molecule has 1 aliphatic rings. The Morgan fingerprint density at radius 1 is 1.32 bits per heavy atom. The minimum absolute atomic E-state index is 0.282. The monoisotopic (exact) mass is 282 g/mol. The first-order chi connectivity index (χ1) is 9.17. The summed E-state index contributed by atoms with van der Waals surface area (Å²) in [4.78, 5) is 4.39. The number of hydrogen-bond donors (Lipinski definition) is 1. The van der Waals surface area contributed by atoms with Crippen LogP contribution in [0.2, 0.25) is 5.02 Å². The molecule has 1 aromatic carbocycles. The summed E-state index contributed by atoms with van der Waals surface area (Å²) in [6, 6.07) is 2.61. The number of nitrogens with zero attached hydrogens (tertiary/aromatic N) is 1. The molecule has 2 N–H and O–H groups in total. The molecule has 0 radical (unpaired) electrons. The van der Waals surface area contributed by atoms with Crippen LogP contribution in [-0.2, 0) is 0 Å². The summed E-state index contributed by atoms with van der Waals surface area (Å²) in [5.41, 5.74) is 6.67. The molecule has 0 atom stereocenters. The van der Waals surface area contributed by atoms with E-state index in [1.807, 2.05) is 0 Å². The Hall–Kier alpha value is -1.13. The van der Waals surface area contributed by atoms with E-state index in [4.69, 9.17) is 21.8 Å². The molecule has 1 saturated carbocycles. The first-order valence-corrected chi connectivity index (χ1v) is 7.00. The van der Waals surface area contributed by atoms with Crippen LogP contribution in [0.5, 0.6) is 0 Å². The number of oxazole rings is 1. The van der Waals surface area contributed by atoms with E-state index in [1.54, 1.807) is 0 Å². The lowest BCUT2D eigenvalue weighted by Crippen LogP contribution is -2.20. The molecule has 0 saturated heterocycles.